The number of aromatic nitrogens is 1. The van der Waals surface area contributed by atoms with Crippen LogP contribution in [-0.2, 0) is 19.3 Å². The zero-order chi connectivity index (χ0) is 25.6. The van der Waals surface area contributed by atoms with Crippen molar-refractivity contribution in [1.29, 1.82) is 0 Å². The number of alkyl halides is 3. The van der Waals surface area contributed by atoms with E-state index in [9.17, 15) is 22.4 Å². The molecule has 0 saturated carbocycles. The largest absolute Gasteiger partial charge is 0.416 e. The fourth-order valence-corrected chi connectivity index (χ4v) is 6.12. The van der Waals surface area contributed by atoms with Crippen LogP contribution >= 0.6 is 11.3 Å². The SMILES string of the molecule is Cc1nc2c(s1)N(Cc1ccccc1C(F)(F)F)C(=O)N(C1CCN(c3c(C)cccc3F)CC1)C2. The van der Waals surface area contributed by atoms with Crippen molar-refractivity contribution in [2.45, 2.75) is 52.0 Å². The third-order valence-electron chi connectivity index (χ3n) is 6.89. The van der Waals surface area contributed by atoms with E-state index in [4.69, 9.17) is 0 Å². The summed E-state index contributed by atoms with van der Waals surface area (Å²) in [6, 6.07) is 9.94. The summed E-state index contributed by atoms with van der Waals surface area (Å²) in [4.78, 5) is 23.4. The van der Waals surface area contributed by atoms with Gasteiger partial charge in [-0.15, -0.1) is 11.3 Å². The number of amides is 2. The molecule has 2 amide bonds. The summed E-state index contributed by atoms with van der Waals surface area (Å²) in [5.74, 6) is -0.264. The van der Waals surface area contributed by atoms with Gasteiger partial charge in [-0.05, 0) is 49.9 Å². The molecule has 36 heavy (non-hydrogen) atoms. The van der Waals surface area contributed by atoms with Gasteiger partial charge in [0.25, 0.3) is 0 Å². The van der Waals surface area contributed by atoms with Gasteiger partial charge in [-0.25, -0.2) is 14.2 Å². The van der Waals surface area contributed by atoms with E-state index in [0.717, 1.165) is 16.6 Å². The number of fused-ring (bicyclic) bond motifs is 1. The molecule has 190 valence electrons. The fraction of sp³-hybridized carbons (Fsp3) is 0.385. The van der Waals surface area contributed by atoms with Crippen LogP contribution in [-0.4, -0.2) is 35.0 Å². The number of anilines is 2. The number of urea groups is 1. The Balaban J connectivity index is 1.39. The van der Waals surface area contributed by atoms with Crippen LogP contribution in [0.5, 0.6) is 0 Å². The van der Waals surface area contributed by atoms with Gasteiger partial charge in [0.05, 0.1) is 35.0 Å². The second kappa shape index (κ2) is 9.38. The van der Waals surface area contributed by atoms with E-state index in [1.54, 1.807) is 17.0 Å². The highest BCUT2D eigenvalue weighted by Gasteiger charge is 2.40. The molecule has 0 atom stereocenters. The molecule has 0 radical (unpaired) electrons. The van der Waals surface area contributed by atoms with Gasteiger partial charge in [-0.1, -0.05) is 30.3 Å². The van der Waals surface area contributed by atoms with Crippen molar-refractivity contribution >= 4 is 28.1 Å². The molecule has 5 rings (SSSR count). The number of rotatable bonds is 4. The maximum Gasteiger partial charge on any atom is 0.416 e. The van der Waals surface area contributed by atoms with Crippen LogP contribution in [0.3, 0.4) is 0 Å². The fourth-order valence-electron chi connectivity index (χ4n) is 5.20. The van der Waals surface area contributed by atoms with Gasteiger partial charge in [0, 0.05) is 19.1 Å². The van der Waals surface area contributed by atoms with E-state index in [-0.39, 0.29) is 30.0 Å². The highest BCUT2D eigenvalue weighted by Crippen LogP contribution is 2.39. The van der Waals surface area contributed by atoms with Crippen molar-refractivity contribution < 1.29 is 22.4 Å². The molecule has 2 aromatic carbocycles. The summed E-state index contributed by atoms with van der Waals surface area (Å²) in [7, 11) is 0. The van der Waals surface area contributed by atoms with Crippen molar-refractivity contribution in [3.05, 3.63) is 75.7 Å². The highest BCUT2D eigenvalue weighted by atomic mass is 32.1. The molecular formula is C26H26F4N4OS. The molecule has 0 unspecified atom stereocenters. The van der Waals surface area contributed by atoms with E-state index in [1.807, 2.05) is 24.8 Å². The van der Waals surface area contributed by atoms with Gasteiger partial charge >= 0.3 is 12.2 Å². The Hall–Kier alpha value is -3.14. The Bertz CT molecular complexity index is 1260. The molecule has 10 heteroatoms. The van der Waals surface area contributed by atoms with Gasteiger partial charge in [-0.3, -0.25) is 4.90 Å². The number of aryl methyl sites for hydroxylation is 2. The van der Waals surface area contributed by atoms with Crippen LogP contribution in [0.2, 0.25) is 0 Å². The smallest absolute Gasteiger partial charge is 0.369 e. The van der Waals surface area contributed by atoms with E-state index >= 15 is 0 Å². The van der Waals surface area contributed by atoms with Gasteiger partial charge in [0.15, 0.2) is 0 Å². The molecule has 5 nitrogen and oxygen atoms in total. The summed E-state index contributed by atoms with van der Waals surface area (Å²) in [6.07, 6.45) is -3.25. The monoisotopic (exact) mass is 518 g/mol. The van der Waals surface area contributed by atoms with Crippen molar-refractivity contribution in [3.8, 4) is 0 Å². The topological polar surface area (TPSA) is 39.7 Å². The zero-order valence-electron chi connectivity index (χ0n) is 20.0. The first-order chi connectivity index (χ1) is 17.1. The van der Waals surface area contributed by atoms with Gasteiger partial charge < -0.3 is 9.80 Å². The number of hydrogen-bond acceptors (Lipinski definition) is 4. The van der Waals surface area contributed by atoms with Crippen LogP contribution in [0.15, 0.2) is 42.5 Å². The summed E-state index contributed by atoms with van der Waals surface area (Å²) in [6.45, 7) is 4.99. The molecule has 1 aromatic heterocycles. The van der Waals surface area contributed by atoms with Crippen LogP contribution in [0.4, 0.5) is 33.0 Å². The lowest BCUT2D eigenvalue weighted by molar-refractivity contribution is -0.138. The number of benzene rings is 2. The van der Waals surface area contributed by atoms with Crippen LogP contribution in [0.25, 0.3) is 0 Å². The van der Waals surface area contributed by atoms with E-state index < -0.39 is 11.7 Å². The number of thiazole rings is 1. The number of para-hydroxylation sites is 1. The second-order valence-corrected chi connectivity index (χ2v) is 10.4. The Morgan fingerprint density at radius 1 is 1.06 bits per heavy atom. The summed E-state index contributed by atoms with van der Waals surface area (Å²) in [5.41, 5.74) is 1.45. The summed E-state index contributed by atoms with van der Waals surface area (Å²) >= 11 is 1.32. The average Bonchev–Trinajstić information content (AvgIpc) is 3.21. The minimum Gasteiger partial charge on any atom is -0.369 e. The van der Waals surface area contributed by atoms with E-state index in [2.05, 4.69) is 4.98 Å². The number of hydrogen-bond donors (Lipinski definition) is 0. The Morgan fingerprint density at radius 2 is 1.78 bits per heavy atom. The quantitative estimate of drug-likeness (QED) is 0.369. The molecule has 3 heterocycles. The van der Waals surface area contributed by atoms with Crippen molar-refractivity contribution in [2.24, 2.45) is 0 Å². The maximum atomic E-state index is 14.5. The van der Waals surface area contributed by atoms with Gasteiger partial charge in [0.2, 0.25) is 0 Å². The van der Waals surface area contributed by atoms with Crippen molar-refractivity contribution in [3.63, 3.8) is 0 Å². The maximum absolute atomic E-state index is 14.5. The molecule has 0 aliphatic carbocycles. The minimum absolute atomic E-state index is 0.0436. The third kappa shape index (κ3) is 4.54. The lowest BCUT2D eigenvalue weighted by Crippen LogP contribution is -2.54. The normalized spacial score (nSPS) is 17.1. The Kier molecular flexibility index (Phi) is 6.40. The third-order valence-corrected chi connectivity index (χ3v) is 7.92. The highest BCUT2D eigenvalue weighted by molar-refractivity contribution is 7.16. The Labute approximate surface area is 211 Å². The average molecular weight is 519 g/mol. The summed E-state index contributed by atoms with van der Waals surface area (Å²) < 4.78 is 55.4. The number of halogens is 4. The molecule has 0 N–H and O–H groups in total. The number of carbonyl (C=O) groups excluding carboxylic acids is 1. The standard InChI is InChI=1S/C26H26F4N4OS/c1-16-6-5-9-21(27)23(16)32-12-10-19(11-13-32)33-15-22-24(36-17(2)31-22)34(25(33)35)14-18-7-3-4-8-20(18)26(28,29)30/h3-9,19H,10-15H2,1-2H3. The van der Waals surface area contributed by atoms with E-state index in [1.165, 1.54) is 34.4 Å². The first kappa shape index (κ1) is 24.5. The first-order valence-electron chi connectivity index (χ1n) is 11.8. The molecule has 2 aliphatic heterocycles. The molecular weight excluding hydrogens is 492 g/mol. The Morgan fingerprint density at radius 3 is 2.47 bits per heavy atom. The molecule has 1 saturated heterocycles. The summed E-state index contributed by atoms with van der Waals surface area (Å²) in [5, 5.41) is 1.36. The van der Waals surface area contributed by atoms with Gasteiger partial charge in [-0.2, -0.15) is 13.2 Å². The lowest BCUT2D eigenvalue weighted by Gasteiger charge is -2.43. The number of nitrogens with zero attached hydrogens (tertiary/aromatic N) is 4. The predicted molar refractivity (Wildman–Crippen MR) is 132 cm³/mol. The predicted octanol–water partition coefficient (Wildman–Crippen LogP) is 6.53. The van der Waals surface area contributed by atoms with Crippen LogP contribution in [0, 0.1) is 19.7 Å². The molecule has 3 aromatic rings. The molecule has 1 fully saturated rings. The molecule has 0 spiro atoms. The van der Waals surface area contributed by atoms with Crippen molar-refractivity contribution in [2.75, 3.05) is 22.9 Å². The van der Waals surface area contributed by atoms with Crippen LogP contribution in [0.1, 0.15) is 40.2 Å². The zero-order valence-corrected chi connectivity index (χ0v) is 20.8. The van der Waals surface area contributed by atoms with Crippen LogP contribution < -0.4 is 9.80 Å². The lowest BCUT2D eigenvalue weighted by atomic mass is 10.0. The first-order valence-corrected chi connectivity index (χ1v) is 12.6. The number of piperidine rings is 1. The minimum atomic E-state index is -4.51. The molecule has 2 aliphatic rings. The van der Waals surface area contributed by atoms with E-state index in [0.29, 0.717) is 48.9 Å². The number of carbonyl (C=O) groups is 1. The van der Waals surface area contributed by atoms with Crippen molar-refractivity contribution in [1.82, 2.24) is 9.88 Å². The second-order valence-electron chi connectivity index (χ2n) is 9.26. The molecule has 0 bridgehead atoms. The van der Waals surface area contributed by atoms with Gasteiger partial charge in [0.1, 0.15) is 10.8 Å².